The van der Waals surface area contributed by atoms with Crippen molar-refractivity contribution in [1.29, 1.82) is 0 Å². The lowest BCUT2D eigenvalue weighted by atomic mass is 9.95. The van der Waals surface area contributed by atoms with Crippen LogP contribution in [0.5, 0.6) is 11.5 Å². The van der Waals surface area contributed by atoms with Crippen molar-refractivity contribution in [3.05, 3.63) is 102 Å². The van der Waals surface area contributed by atoms with Crippen LogP contribution in [0.2, 0.25) is 5.02 Å². The lowest BCUT2D eigenvalue weighted by Crippen LogP contribution is -2.39. The van der Waals surface area contributed by atoms with Crippen LogP contribution in [-0.4, -0.2) is 23.9 Å². The molecule has 2 aromatic heterocycles. The molecule has 0 fully saturated rings. The molecule has 0 aliphatic carbocycles. The van der Waals surface area contributed by atoms with E-state index in [-0.39, 0.29) is 19.0 Å². The number of carbonyl (C=O) groups excluding carboxylic acids is 1. The summed E-state index contributed by atoms with van der Waals surface area (Å²) in [5.41, 5.74) is 1.99. The minimum atomic E-state index is -0.749. The Morgan fingerprint density at radius 2 is 2.03 bits per heavy atom. The molecule has 38 heavy (non-hydrogen) atoms. The lowest BCUT2D eigenvalue weighted by Gasteiger charge is -2.24. The number of hydrogen-bond acceptors (Lipinski definition) is 8. The standard InChI is InChI=1S/C28H21ClN2O6S/c1-3-34-27(33)24-15(2)30-28-31(25(24)17-7-9-21-22(12-17)36-14-35-21)26(32)23(38-28)13-19-8-10-20(37-19)16-5-4-6-18(29)11-16/h4-13,25H,3,14H2,1-2H3/b23-13-/t25-/m1/s1. The molecule has 0 amide bonds. The number of esters is 1. The van der Waals surface area contributed by atoms with E-state index in [9.17, 15) is 9.59 Å². The Kier molecular flexibility index (Phi) is 6.17. The second kappa shape index (κ2) is 9.66. The normalized spacial score (nSPS) is 16.4. The van der Waals surface area contributed by atoms with Crippen molar-refractivity contribution in [3.8, 4) is 22.8 Å². The Morgan fingerprint density at radius 3 is 2.84 bits per heavy atom. The Labute approximate surface area is 225 Å². The third-order valence-corrected chi connectivity index (χ3v) is 7.46. The Balaban J connectivity index is 1.48. The second-order valence-electron chi connectivity index (χ2n) is 8.63. The molecular formula is C28H21ClN2O6S. The third kappa shape index (κ3) is 4.23. The molecule has 0 N–H and O–H groups in total. The van der Waals surface area contributed by atoms with Crippen molar-refractivity contribution >= 4 is 35.0 Å². The summed E-state index contributed by atoms with van der Waals surface area (Å²) >= 11 is 7.34. The maximum atomic E-state index is 13.8. The van der Waals surface area contributed by atoms with Crippen LogP contribution in [0, 0.1) is 0 Å². The van der Waals surface area contributed by atoms with Crippen molar-refractivity contribution in [2.24, 2.45) is 4.99 Å². The molecule has 10 heteroatoms. The van der Waals surface area contributed by atoms with E-state index in [1.165, 1.54) is 15.9 Å². The van der Waals surface area contributed by atoms with Crippen LogP contribution in [0.3, 0.4) is 0 Å². The Morgan fingerprint density at radius 1 is 1.18 bits per heavy atom. The quantitative estimate of drug-likeness (QED) is 0.342. The smallest absolute Gasteiger partial charge is 0.338 e. The number of benzene rings is 2. The van der Waals surface area contributed by atoms with Crippen LogP contribution in [0.1, 0.15) is 31.2 Å². The van der Waals surface area contributed by atoms with Gasteiger partial charge in [0.15, 0.2) is 16.3 Å². The number of ether oxygens (including phenoxy) is 3. The fraction of sp³-hybridized carbons (Fsp3) is 0.179. The van der Waals surface area contributed by atoms with Crippen LogP contribution in [0.4, 0.5) is 0 Å². The van der Waals surface area contributed by atoms with Gasteiger partial charge < -0.3 is 18.6 Å². The minimum absolute atomic E-state index is 0.113. The molecule has 0 saturated heterocycles. The molecule has 0 spiro atoms. The zero-order valence-corrected chi connectivity index (χ0v) is 22.0. The maximum absolute atomic E-state index is 13.8. The van der Waals surface area contributed by atoms with Gasteiger partial charge in [0, 0.05) is 16.7 Å². The van der Waals surface area contributed by atoms with Crippen molar-refractivity contribution in [1.82, 2.24) is 4.57 Å². The zero-order chi connectivity index (χ0) is 26.4. The molecule has 2 aliphatic heterocycles. The highest BCUT2D eigenvalue weighted by atomic mass is 35.5. The van der Waals surface area contributed by atoms with Crippen molar-refractivity contribution < 1.29 is 23.4 Å². The van der Waals surface area contributed by atoms with E-state index in [1.54, 1.807) is 44.2 Å². The summed E-state index contributed by atoms with van der Waals surface area (Å²) in [4.78, 5) is 31.9. The van der Waals surface area contributed by atoms with Gasteiger partial charge in [-0.1, -0.05) is 41.1 Å². The summed E-state index contributed by atoms with van der Waals surface area (Å²) in [5.74, 6) is 1.76. The summed E-state index contributed by atoms with van der Waals surface area (Å²) in [6, 6.07) is 15.6. The van der Waals surface area contributed by atoms with E-state index >= 15 is 0 Å². The van der Waals surface area contributed by atoms with Crippen LogP contribution in [-0.2, 0) is 9.53 Å². The number of carbonyl (C=O) groups is 1. The molecule has 8 nitrogen and oxygen atoms in total. The van der Waals surface area contributed by atoms with E-state index < -0.39 is 12.0 Å². The first kappa shape index (κ1) is 24.3. The summed E-state index contributed by atoms with van der Waals surface area (Å²) < 4.78 is 24.3. The summed E-state index contributed by atoms with van der Waals surface area (Å²) in [6.45, 7) is 3.79. The van der Waals surface area contributed by atoms with Gasteiger partial charge in [-0.15, -0.1) is 0 Å². The average Bonchev–Trinajstić information content (AvgIpc) is 3.63. The molecule has 192 valence electrons. The summed E-state index contributed by atoms with van der Waals surface area (Å²) in [6.07, 6.45) is 1.68. The molecule has 2 aliphatic rings. The molecule has 0 bridgehead atoms. The molecule has 0 radical (unpaired) electrons. The van der Waals surface area contributed by atoms with Gasteiger partial charge in [0.1, 0.15) is 11.5 Å². The predicted octanol–water partition coefficient (Wildman–Crippen LogP) is 4.44. The lowest BCUT2D eigenvalue weighted by molar-refractivity contribution is -0.139. The van der Waals surface area contributed by atoms with Gasteiger partial charge in [-0.3, -0.25) is 9.36 Å². The number of rotatable bonds is 5. The van der Waals surface area contributed by atoms with E-state index in [2.05, 4.69) is 4.99 Å². The highest BCUT2D eigenvalue weighted by Gasteiger charge is 2.34. The van der Waals surface area contributed by atoms with Crippen molar-refractivity contribution in [2.75, 3.05) is 13.4 Å². The van der Waals surface area contributed by atoms with Gasteiger partial charge in [0.05, 0.1) is 28.5 Å². The first-order valence-electron chi connectivity index (χ1n) is 11.9. The van der Waals surface area contributed by atoms with E-state index in [0.29, 0.717) is 54.2 Å². The van der Waals surface area contributed by atoms with Gasteiger partial charge in [-0.05, 0) is 55.8 Å². The number of thiazole rings is 1. The molecule has 0 unspecified atom stereocenters. The Bertz CT molecular complexity index is 1800. The largest absolute Gasteiger partial charge is 0.463 e. The second-order valence-corrected chi connectivity index (χ2v) is 10.1. The molecule has 4 aromatic rings. The number of hydrogen-bond donors (Lipinski definition) is 0. The average molecular weight is 549 g/mol. The fourth-order valence-electron chi connectivity index (χ4n) is 4.55. The van der Waals surface area contributed by atoms with Crippen LogP contribution >= 0.6 is 22.9 Å². The van der Waals surface area contributed by atoms with Crippen LogP contribution in [0.15, 0.2) is 80.1 Å². The van der Waals surface area contributed by atoms with Gasteiger partial charge in [-0.2, -0.15) is 0 Å². The van der Waals surface area contributed by atoms with Crippen LogP contribution in [0.25, 0.3) is 17.4 Å². The number of aromatic nitrogens is 1. The molecule has 1 atom stereocenters. The zero-order valence-electron chi connectivity index (χ0n) is 20.4. The van der Waals surface area contributed by atoms with E-state index in [0.717, 1.165) is 5.56 Å². The number of furan rings is 1. The van der Waals surface area contributed by atoms with Crippen LogP contribution < -0.4 is 24.4 Å². The van der Waals surface area contributed by atoms with Gasteiger partial charge in [0.25, 0.3) is 5.56 Å². The Hall–Kier alpha value is -4.08. The third-order valence-electron chi connectivity index (χ3n) is 6.24. The van der Waals surface area contributed by atoms with Gasteiger partial charge in [0.2, 0.25) is 6.79 Å². The summed E-state index contributed by atoms with van der Waals surface area (Å²) in [5, 5.41) is 0.602. The van der Waals surface area contributed by atoms with Gasteiger partial charge in [-0.25, -0.2) is 9.79 Å². The number of fused-ring (bicyclic) bond motifs is 2. The number of allylic oxidation sites excluding steroid dienone is 1. The van der Waals surface area contributed by atoms with E-state index in [4.69, 9.17) is 30.2 Å². The molecular weight excluding hydrogens is 528 g/mol. The molecule has 2 aromatic carbocycles. The number of nitrogens with zero attached hydrogens (tertiary/aromatic N) is 2. The maximum Gasteiger partial charge on any atom is 0.338 e. The monoisotopic (exact) mass is 548 g/mol. The topological polar surface area (TPSA) is 92.3 Å². The first-order valence-corrected chi connectivity index (χ1v) is 13.1. The molecule has 4 heterocycles. The fourth-order valence-corrected chi connectivity index (χ4v) is 5.76. The van der Waals surface area contributed by atoms with Crippen molar-refractivity contribution in [2.45, 2.75) is 19.9 Å². The van der Waals surface area contributed by atoms with Gasteiger partial charge >= 0.3 is 5.97 Å². The minimum Gasteiger partial charge on any atom is -0.463 e. The number of halogens is 1. The SMILES string of the molecule is CCOC(=O)C1=C(C)N=c2s/c(=C\c3ccc(-c4cccc(Cl)c4)o3)c(=O)n2[C@@H]1c1ccc2c(c1)OCO2. The van der Waals surface area contributed by atoms with Crippen molar-refractivity contribution in [3.63, 3.8) is 0 Å². The highest BCUT2D eigenvalue weighted by Crippen LogP contribution is 2.38. The van der Waals surface area contributed by atoms with E-state index in [1.807, 2.05) is 30.3 Å². The summed E-state index contributed by atoms with van der Waals surface area (Å²) in [7, 11) is 0. The predicted molar refractivity (Wildman–Crippen MR) is 142 cm³/mol. The molecule has 6 rings (SSSR count). The molecule has 0 saturated carbocycles. The first-order chi connectivity index (χ1) is 18.4. The highest BCUT2D eigenvalue weighted by molar-refractivity contribution is 7.07.